The molecule has 0 spiro atoms. The Morgan fingerprint density at radius 3 is 2.38 bits per heavy atom. The van der Waals surface area contributed by atoms with Crippen LogP contribution in [0.3, 0.4) is 0 Å². The summed E-state index contributed by atoms with van der Waals surface area (Å²) in [5.74, 6) is 0.0972. The first kappa shape index (κ1) is 24.6. The Morgan fingerprint density at radius 2 is 1.74 bits per heavy atom. The van der Waals surface area contributed by atoms with E-state index >= 15 is 0 Å². The number of aryl methyl sites for hydroxylation is 1. The maximum Gasteiger partial charge on any atom is 0.242 e. The molecule has 0 saturated heterocycles. The third kappa shape index (κ3) is 7.27. The number of sulfonamides is 1. The minimum Gasteiger partial charge on any atom is -0.479 e. The summed E-state index contributed by atoms with van der Waals surface area (Å²) in [7, 11) is -3.84. The highest BCUT2D eigenvalue weighted by Gasteiger charge is 2.23. The second-order valence-corrected chi connectivity index (χ2v) is 9.12. The Labute approximate surface area is 198 Å². The number of hydrazone groups is 1. The largest absolute Gasteiger partial charge is 0.479 e. The molecule has 1 amide bonds. The lowest BCUT2D eigenvalue weighted by molar-refractivity contribution is -0.121. The van der Waals surface area contributed by atoms with Crippen LogP contribution in [0, 0.1) is 18.3 Å². The second kappa shape index (κ2) is 11.7. The number of benzene rings is 3. The molecule has 3 aromatic carbocycles. The van der Waals surface area contributed by atoms with Crippen LogP contribution >= 0.6 is 0 Å². The van der Waals surface area contributed by atoms with Gasteiger partial charge in [0.1, 0.15) is 11.8 Å². The standard InChI is InChI=1S/C25H24N4O4S/c1-19-7-13-23(14-8-19)34(31,32)29-24(21-5-3-2-4-6-21)17-25(30)28-27-18-20-9-11-22(12-10-20)33-16-15-26/h2-14,18,24,29H,16-17H2,1H3,(H,28,30)/b27-18-/t24-/m1/s1. The van der Waals surface area contributed by atoms with Crippen LogP contribution in [-0.4, -0.2) is 27.1 Å². The van der Waals surface area contributed by atoms with Crippen molar-refractivity contribution < 1.29 is 17.9 Å². The highest BCUT2D eigenvalue weighted by Crippen LogP contribution is 2.21. The SMILES string of the molecule is Cc1ccc(S(=O)(=O)N[C@H](CC(=O)N/N=C\c2ccc(OCC#N)cc2)c2ccccc2)cc1. The van der Waals surface area contributed by atoms with E-state index in [0.717, 1.165) is 5.56 Å². The first-order valence-electron chi connectivity index (χ1n) is 10.4. The van der Waals surface area contributed by atoms with Crippen LogP contribution in [0.4, 0.5) is 0 Å². The third-order valence-electron chi connectivity index (χ3n) is 4.81. The topological polar surface area (TPSA) is 121 Å². The van der Waals surface area contributed by atoms with Crippen molar-refractivity contribution in [3.8, 4) is 11.8 Å². The van der Waals surface area contributed by atoms with Crippen LogP contribution in [0.1, 0.15) is 29.2 Å². The maximum atomic E-state index is 12.9. The molecule has 0 aliphatic rings. The molecular formula is C25H24N4O4S. The van der Waals surface area contributed by atoms with Gasteiger partial charge in [-0.05, 0) is 54.4 Å². The molecular weight excluding hydrogens is 452 g/mol. The lowest BCUT2D eigenvalue weighted by atomic mass is 10.0. The lowest BCUT2D eigenvalue weighted by Gasteiger charge is -2.18. The fraction of sp³-hybridized carbons (Fsp3) is 0.160. The number of amides is 1. The molecule has 0 fully saturated rings. The molecule has 0 aliphatic heterocycles. The van der Waals surface area contributed by atoms with Gasteiger partial charge in [0.05, 0.1) is 17.2 Å². The molecule has 34 heavy (non-hydrogen) atoms. The number of carbonyl (C=O) groups excluding carboxylic acids is 1. The smallest absolute Gasteiger partial charge is 0.242 e. The number of nitrogens with zero attached hydrogens (tertiary/aromatic N) is 2. The average molecular weight is 477 g/mol. The number of carbonyl (C=O) groups is 1. The number of rotatable bonds is 10. The summed E-state index contributed by atoms with van der Waals surface area (Å²) in [6, 6.07) is 23.3. The zero-order valence-corrected chi connectivity index (χ0v) is 19.3. The van der Waals surface area contributed by atoms with Crippen LogP contribution in [0.25, 0.3) is 0 Å². The summed E-state index contributed by atoms with van der Waals surface area (Å²) in [5, 5.41) is 12.5. The number of ether oxygens (including phenoxy) is 1. The number of hydrogen-bond acceptors (Lipinski definition) is 6. The Hall–Kier alpha value is -4.00. The van der Waals surface area contributed by atoms with Crippen LogP contribution < -0.4 is 14.9 Å². The minimum absolute atomic E-state index is 0.0419. The molecule has 0 radical (unpaired) electrons. The van der Waals surface area contributed by atoms with Gasteiger partial charge >= 0.3 is 0 Å². The molecule has 2 N–H and O–H groups in total. The van der Waals surface area contributed by atoms with Gasteiger partial charge in [0.2, 0.25) is 15.9 Å². The van der Waals surface area contributed by atoms with Crippen molar-refractivity contribution in [2.24, 2.45) is 5.10 Å². The highest BCUT2D eigenvalue weighted by atomic mass is 32.2. The normalized spacial score (nSPS) is 12.1. The van der Waals surface area contributed by atoms with Crippen molar-refractivity contribution in [2.75, 3.05) is 6.61 Å². The van der Waals surface area contributed by atoms with Crippen molar-refractivity contribution in [1.82, 2.24) is 10.1 Å². The molecule has 3 aromatic rings. The molecule has 0 aliphatic carbocycles. The first-order chi connectivity index (χ1) is 16.4. The van der Waals surface area contributed by atoms with Crippen LogP contribution in [0.5, 0.6) is 5.75 Å². The van der Waals surface area contributed by atoms with E-state index in [4.69, 9.17) is 10.00 Å². The van der Waals surface area contributed by atoms with Crippen molar-refractivity contribution in [3.63, 3.8) is 0 Å². The molecule has 1 atom stereocenters. The van der Waals surface area contributed by atoms with E-state index in [-0.39, 0.29) is 17.9 Å². The summed E-state index contributed by atoms with van der Waals surface area (Å²) in [6.45, 7) is 1.83. The summed E-state index contributed by atoms with van der Waals surface area (Å²) in [5.41, 5.74) is 4.75. The number of nitrogens with one attached hydrogen (secondary N) is 2. The summed E-state index contributed by atoms with van der Waals surface area (Å²) < 4.78 is 33.6. The summed E-state index contributed by atoms with van der Waals surface area (Å²) >= 11 is 0. The molecule has 0 bridgehead atoms. The molecule has 8 nitrogen and oxygen atoms in total. The molecule has 0 heterocycles. The van der Waals surface area contributed by atoms with Gasteiger partial charge in [-0.15, -0.1) is 0 Å². The van der Waals surface area contributed by atoms with Crippen LogP contribution in [0.2, 0.25) is 0 Å². The van der Waals surface area contributed by atoms with Crippen molar-refractivity contribution in [2.45, 2.75) is 24.3 Å². The summed E-state index contributed by atoms with van der Waals surface area (Å²) in [6.07, 6.45) is 1.31. The number of nitriles is 1. The molecule has 174 valence electrons. The quantitative estimate of drug-likeness (QED) is 0.343. The van der Waals surface area contributed by atoms with E-state index in [1.54, 1.807) is 60.7 Å². The zero-order valence-electron chi connectivity index (χ0n) is 18.5. The Morgan fingerprint density at radius 1 is 1.06 bits per heavy atom. The Kier molecular flexibility index (Phi) is 8.51. The van der Waals surface area contributed by atoms with Crippen LogP contribution in [-0.2, 0) is 14.8 Å². The predicted octanol–water partition coefficient (Wildman–Crippen LogP) is 3.46. The number of hydrogen-bond donors (Lipinski definition) is 2. The van der Waals surface area contributed by atoms with Crippen molar-refractivity contribution in [3.05, 3.63) is 95.6 Å². The fourth-order valence-electron chi connectivity index (χ4n) is 3.06. The van der Waals surface area contributed by atoms with Crippen LogP contribution in [0.15, 0.2) is 88.9 Å². The van der Waals surface area contributed by atoms with Gasteiger partial charge in [-0.25, -0.2) is 18.6 Å². The maximum absolute atomic E-state index is 12.9. The average Bonchev–Trinajstić information content (AvgIpc) is 2.84. The van der Waals surface area contributed by atoms with E-state index in [9.17, 15) is 13.2 Å². The second-order valence-electron chi connectivity index (χ2n) is 7.41. The van der Waals surface area contributed by atoms with Gasteiger partial charge in [-0.3, -0.25) is 4.79 Å². The monoisotopic (exact) mass is 476 g/mol. The van der Waals surface area contributed by atoms with E-state index in [1.807, 2.05) is 19.1 Å². The summed E-state index contributed by atoms with van der Waals surface area (Å²) in [4.78, 5) is 12.7. The van der Waals surface area contributed by atoms with Gasteiger partial charge in [0.15, 0.2) is 6.61 Å². The van der Waals surface area contributed by atoms with Crippen molar-refractivity contribution in [1.29, 1.82) is 5.26 Å². The Bertz CT molecular complexity index is 1270. The first-order valence-corrected chi connectivity index (χ1v) is 11.9. The van der Waals surface area contributed by atoms with Gasteiger partial charge in [-0.2, -0.15) is 10.4 Å². The van der Waals surface area contributed by atoms with E-state index in [0.29, 0.717) is 16.9 Å². The lowest BCUT2D eigenvalue weighted by Crippen LogP contribution is -2.32. The molecule has 9 heteroatoms. The fourth-order valence-corrected chi connectivity index (χ4v) is 4.29. The van der Waals surface area contributed by atoms with E-state index in [2.05, 4.69) is 15.2 Å². The predicted molar refractivity (Wildman–Crippen MR) is 129 cm³/mol. The molecule has 0 aromatic heterocycles. The van der Waals surface area contributed by atoms with Crippen molar-refractivity contribution >= 4 is 22.1 Å². The van der Waals surface area contributed by atoms with Gasteiger partial charge in [-0.1, -0.05) is 48.0 Å². The van der Waals surface area contributed by atoms with E-state index < -0.39 is 22.0 Å². The van der Waals surface area contributed by atoms with Gasteiger partial charge < -0.3 is 4.74 Å². The molecule has 0 saturated carbocycles. The van der Waals surface area contributed by atoms with Gasteiger partial charge in [0.25, 0.3) is 0 Å². The molecule has 3 rings (SSSR count). The third-order valence-corrected chi connectivity index (χ3v) is 6.29. The zero-order chi connectivity index (χ0) is 24.4. The van der Waals surface area contributed by atoms with Gasteiger partial charge in [0, 0.05) is 6.42 Å². The highest BCUT2D eigenvalue weighted by molar-refractivity contribution is 7.89. The molecule has 0 unspecified atom stereocenters. The minimum atomic E-state index is -3.84. The van der Waals surface area contributed by atoms with E-state index in [1.165, 1.54) is 18.3 Å². The Balaban J connectivity index is 1.67.